The van der Waals surface area contributed by atoms with E-state index in [2.05, 4.69) is 0 Å². The molecule has 5 heteroatoms. The molecule has 1 heterocycles. The van der Waals surface area contributed by atoms with Gasteiger partial charge in [0.25, 0.3) is 0 Å². The van der Waals surface area contributed by atoms with Gasteiger partial charge in [0.15, 0.2) is 0 Å². The Hall–Kier alpha value is -1.46. The zero-order valence-corrected chi connectivity index (χ0v) is 10.9. The number of fused-ring (bicyclic) bond motifs is 1. The largest absolute Gasteiger partial charge is 0.333 e. The first kappa shape index (κ1) is 14.0. The van der Waals surface area contributed by atoms with Crippen LogP contribution in [0, 0.1) is 5.82 Å². The minimum Gasteiger partial charge on any atom is -0.333 e. The minimum atomic E-state index is -0.481. The molecule has 0 unspecified atom stereocenters. The first-order chi connectivity index (χ1) is 9.11. The van der Waals surface area contributed by atoms with Gasteiger partial charge >= 0.3 is 0 Å². The number of rotatable bonds is 5. The molecule has 104 valence electrons. The molecule has 2 rings (SSSR count). The van der Waals surface area contributed by atoms with Gasteiger partial charge in [-0.2, -0.15) is 0 Å². The predicted octanol–water partition coefficient (Wildman–Crippen LogP) is 1.12. The van der Waals surface area contributed by atoms with Gasteiger partial charge < -0.3 is 16.4 Å². The van der Waals surface area contributed by atoms with Crippen LogP contribution in [0.15, 0.2) is 18.2 Å². The second kappa shape index (κ2) is 6.12. The van der Waals surface area contributed by atoms with Gasteiger partial charge in [-0.25, -0.2) is 4.39 Å². The van der Waals surface area contributed by atoms with Gasteiger partial charge in [-0.15, -0.1) is 0 Å². The Bertz CT molecular complexity index is 464. The highest BCUT2D eigenvalue weighted by atomic mass is 19.1. The molecule has 1 atom stereocenters. The summed E-state index contributed by atoms with van der Waals surface area (Å²) < 4.78 is 13.1. The standard InChI is InChI=1S/C14H20FN3O/c15-12-5-4-10-8-18(9-11(10)7-12)14(19)13(17)3-1-2-6-16/h4-5,7,13H,1-3,6,8-9,16-17H2/t13-/m0/s1. The normalized spacial score (nSPS) is 15.4. The molecule has 0 saturated heterocycles. The molecule has 1 aliphatic heterocycles. The van der Waals surface area contributed by atoms with Gasteiger partial charge in [0.2, 0.25) is 5.91 Å². The van der Waals surface area contributed by atoms with Crippen LogP contribution in [-0.2, 0) is 17.9 Å². The van der Waals surface area contributed by atoms with Crippen LogP contribution in [0.3, 0.4) is 0 Å². The summed E-state index contributed by atoms with van der Waals surface area (Å²) in [6.07, 6.45) is 2.39. The molecular formula is C14H20FN3O. The molecule has 1 amide bonds. The number of benzene rings is 1. The highest BCUT2D eigenvalue weighted by Crippen LogP contribution is 2.24. The third kappa shape index (κ3) is 3.30. The maximum atomic E-state index is 13.1. The SMILES string of the molecule is NCCCC[C@H](N)C(=O)N1Cc2ccc(F)cc2C1. The van der Waals surface area contributed by atoms with Crippen molar-refractivity contribution in [1.82, 2.24) is 4.90 Å². The van der Waals surface area contributed by atoms with Crippen molar-refractivity contribution in [2.45, 2.75) is 38.4 Å². The fraction of sp³-hybridized carbons (Fsp3) is 0.500. The van der Waals surface area contributed by atoms with E-state index < -0.39 is 6.04 Å². The molecule has 1 aromatic carbocycles. The lowest BCUT2D eigenvalue weighted by molar-refractivity contribution is -0.133. The van der Waals surface area contributed by atoms with Crippen LogP contribution >= 0.6 is 0 Å². The van der Waals surface area contributed by atoms with Crippen molar-refractivity contribution in [3.05, 3.63) is 35.1 Å². The second-order valence-electron chi connectivity index (χ2n) is 5.00. The molecule has 0 fully saturated rings. The predicted molar refractivity (Wildman–Crippen MR) is 71.5 cm³/mol. The minimum absolute atomic E-state index is 0.0615. The number of unbranched alkanes of at least 4 members (excludes halogenated alkanes) is 1. The lowest BCUT2D eigenvalue weighted by Crippen LogP contribution is -2.41. The Labute approximate surface area is 112 Å². The summed E-state index contributed by atoms with van der Waals surface area (Å²) >= 11 is 0. The highest BCUT2D eigenvalue weighted by molar-refractivity contribution is 5.82. The molecule has 0 saturated carbocycles. The number of halogens is 1. The van der Waals surface area contributed by atoms with Crippen LogP contribution in [0.4, 0.5) is 4.39 Å². The maximum Gasteiger partial charge on any atom is 0.240 e. The van der Waals surface area contributed by atoms with Crippen molar-refractivity contribution in [3.8, 4) is 0 Å². The lowest BCUT2D eigenvalue weighted by atomic mass is 10.1. The Morgan fingerprint density at radius 3 is 2.79 bits per heavy atom. The molecular weight excluding hydrogens is 245 g/mol. The van der Waals surface area contributed by atoms with Gasteiger partial charge in [-0.1, -0.05) is 12.5 Å². The molecule has 1 aliphatic rings. The number of amides is 1. The van der Waals surface area contributed by atoms with E-state index in [9.17, 15) is 9.18 Å². The van der Waals surface area contributed by atoms with Crippen LogP contribution in [0.2, 0.25) is 0 Å². The number of carbonyl (C=O) groups is 1. The molecule has 4 nitrogen and oxygen atoms in total. The Morgan fingerprint density at radius 2 is 2.05 bits per heavy atom. The summed E-state index contributed by atoms with van der Waals surface area (Å²) in [5.41, 5.74) is 13.2. The van der Waals surface area contributed by atoms with Crippen molar-refractivity contribution >= 4 is 5.91 Å². The van der Waals surface area contributed by atoms with E-state index in [1.807, 2.05) is 0 Å². The molecule has 0 radical (unpaired) electrons. The van der Waals surface area contributed by atoms with E-state index in [1.165, 1.54) is 12.1 Å². The van der Waals surface area contributed by atoms with Gasteiger partial charge in [0, 0.05) is 13.1 Å². The summed E-state index contributed by atoms with van der Waals surface area (Å²) in [5, 5.41) is 0. The van der Waals surface area contributed by atoms with Gasteiger partial charge in [0.1, 0.15) is 5.82 Å². The average molecular weight is 265 g/mol. The number of hydrogen-bond donors (Lipinski definition) is 2. The average Bonchev–Trinajstić information content (AvgIpc) is 2.80. The summed E-state index contributed by atoms with van der Waals surface area (Å²) in [6.45, 7) is 1.60. The third-order valence-corrected chi connectivity index (χ3v) is 3.49. The Kier molecular flexibility index (Phi) is 4.50. The molecule has 1 aromatic rings. The van der Waals surface area contributed by atoms with Gasteiger partial charge in [-0.3, -0.25) is 4.79 Å². The number of nitrogens with two attached hydrogens (primary N) is 2. The molecule has 0 bridgehead atoms. The van der Waals surface area contributed by atoms with Crippen molar-refractivity contribution in [1.29, 1.82) is 0 Å². The molecule has 0 aliphatic carbocycles. The zero-order valence-electron chi connectivity index (χ0n) is 10.9. The van der Waals surface area contributed by atoms with E-state index >= 15 is 0 Å². The fourth-order valence-corrected chi connectivity index (χ4v) is 2.39. The van der Waals surface area contributed by atoms with Crippen molar-refractivity contribution in [3.63, 3.8) is 0 Å². The highest BCUT2D eigenvalue weighted by Gasteiger charge is 2.26. The topological polar surface area (TPSA) is 72.3 Å². The molecule has 4 N–H and O–H groups in total. The number of carbonyl (C=O) groups excluding carboxylic acids is 1. The Balaban J connectivity index is 1.92. The molecule has 0 aromatic heterocycles. The van der Waals surface area contributed by atoms with Crippen LogP contribution in [0.25, 0.3) is 0 Å². The quantitative estimate of drug-likeness (QED) is 0.784. The third-order valence-electron chi connectivity index (χ3n) is 3.49. The molecule has 0 spiro atoms. The summed E-state index contributed by atoms with van der Waals surface area (Å²) in [6, 6.07) is 4.17. The summed E-state index contributed by atoms with van der Waals surface area (Å²) in [5.74, 6) is -0.325. The second-order valence-corrected chi connectivity index (χ2v) is 5.00. The smallest absolute Gasteiger partial charge is 0.240 e. The van der Waals surface area contributed by atoms with Crippen molar-refractivity contribution in [2.75, 3.05) is 6.54 Å². The summed E-state index contributed by atoms with van der Waals surface area (Å²) in [4.78, 5) is 13.9. The lowest BCUT2D eigenvalue weighted by Gasteiger charge is -2.20. The molecule has 19 heavy (non-hydrogen) atoms. The van der Waals surface area contributed by atoms with Gasteiger partial charge in [0.05, 0.1) is 6.04 Å². The number of hydrogen-bond acceptors (Lipinski definition) is 3. The van der Waals surface area contributed by atoms with Crippen LogP contribution in [0.5, 0.6) is 0 Å². The first-order valence-electron chi connectivity index (χ1n) is 6.63. The van der Waals surface area contributed by atoms with Gasteiger partial charge in [-0.05, 0) is 42.6 Å². The van der Waals surface area contributed by atoms with Crippen LogP contribution in [0.1, 0.15) is 30.4 Å². The van der Waals surface area contributed by atoms with Crippen molar-refractivity contribution < 1.29 is 9.18 Å². The fourth-order valence-electron chi connectivity index (χ4n) is 2.39. The Morgan fingerprint density at radius 1 is 1.32 bits per heavy atom. The van der Waals surface area contributed by atoms with Crippen molar-refractivity contribution in [2.24, 2.45) is 11.5 Å². The van der Waals surface area contributed by atoms with E-state index in [4.69, 9.17) is 11.5 Å². The van der Waals surface area contributed by atoms with Crippen LogP contribution < -0.4 is 11.5 Å². The number of nitrogens with zero attached hydrogens (tertiary/aromatic N) is 1. The summed E-state index contributed by atoms with van der Waals surface area (Å²) in [7, 11) is 0. The monoisotopic (exact) mass is 265 g/mol. The maximum absolute atomic E-state index is 13.1. The van der Waals surface area contributed by atoms with E-state index in [-0.39, 0.29) is 11.7 Å². The van der Waals surface area contributed by atoms with E-state index in [0.717, 1.165) is 24.0 Å². The van der Waals surface area contributed by atoms with Crippen LogP contribution in [-0.4, -0.2) is 23.4 Å². The zero-order chi connectivity index (χ0) is 13.8. The van der Waals surface area contributed by atoms with E-state index in [0.29, 0.717) is 26.1 Å². The van der Waals surface area contributed by atoms with E-state index in [1.54, 1.807) is 11.0 Å². The first-order valence-corrected chi connectivity index (χ1v) is 6.63.